The van der Waals surface area contributed by atoms with Gasteiger partial charge in [0.15, 0.2) is 0 Å². The monoisotopic (exact) mass is 310 g/mol. The van der Waals surface area contributed by atoms with Gasteiger partial charge in [-0.2, -0.15) is 0 Å². The van der Waals surface area contributed by atoms with Gasteiger partial charge in [0.1, 0.15) is 4.99 Å². The molecule has 0 aliphatic rings. The Balaban J connectivity index is 2.31. The molecule has 98 valence electrons. The van der Waals surface area contributed by atoms with Crippen LogP contribution < -0.4 is 11.1 Å². The number of hydrogen-bond acceptors (Lipinski definition) is 2. The summed E-state index contributed by atoms with van der Waals surface area (Å²) in [4.78, 5) is 0.283. The number of rotatable bonds is 3. The number of hydrogen-bond donors (Lipinski definition) is 2. The molecule has 2 nitrogen and oxygen atoms in total. The van der Waals surface area contributed by atoms with Crippen LogP contribution in [-0.4, -0.2) is 4.99 Å². The third-order valence-corrected chi connectivity index (χ3v) is 3.50. The van der Waals surface area contributed by atoms with Gasteiger partial charge in [-0.3, -0.25) is 0 Å². The van der Waals surface area contributed by atoms with Crippen molar-refractivity contribution in [1.29, 1.82) is 0 Å². The first kappa shape index (κ1) is 14.1. The van der Waals surface area contributed by atoms with E-state index in [1.807, 2.05) is 31.2 Å². The van der Waals surface area contributed by atoms with Gasteiger partial charge >= 0.3 is 0 Å². The summed E-state index contributed by atoms with van der Waals surface area (Å²) in [5.74, 6) is 0. The van der Waals surface area contributed by atoms with E-state index in [-0.39, 0.29) is 4.99 Å². The Kier molecular flexibility index (Phi) is 4.30. The summed E-state index contributed by atoms with van der Waals surface area (Å²) in [6.45, 7) is 2.00. The Morgan fingerprint density at radius 2 is 1.84 bits per heavy atom. The molecule has 0 bridgehead atoms. The summed E-state index contributed by atoms with van der Waals surface area (Å²) in [6, 6.07) is 11.2. The highest BCUT2D eigenvalue weighted by Gasteiger charge is 2.06. The van der Waals surface area contributed by atoms with E-state index < -0.39 is 0 Å². The van der Waals surface area contributed by atoms with Crippen molar-refractivity contribution in [2.24, 2.45) is 5.73 Å². The van der Waals surface area contributed by atoms with Crippen LogP contribution in [0.1, 0.15) is 11.1 Å². The van der Waals surface area contributed by atoms with E-state index in [0.717, 1.165) is 16.9 Å². The topological polar surface area (TPSA) is 38.0 Å². The van der Waals surface area contributed by atoms with Gasteiger partial charge in [0.05, 0.1) is 15.7 Å². The van der Waals surface area contributed by atoms with E-state index in [4.69, 9.17) is 41.2 Å². The standard InChI is InChI=1S/C14H12Cl2N2S/c1-8-2-5-11(15)13(6-8)18-9-3-4-10(14(17)19)12(16)7-9/h2-7,18H,1H3,(H2,17,19). The van der Waals surface area contributed by atoms with Crippen LogP contribution in [0.15, 0.2) is 36.4 Å². The molecule has 2 aromatic carbocycles. The predicted octanol–water partition coefficient (Wildman–Crippen LogP) is 4.68. The van der Waals surface area contributed by atoms with Crippen LogP contribution in [0.4, 0.5) is 11.4 Å². The zero-order chi connectivity index (χ0) is 14.0. The molecule has 0 aliphatic heterocycles. The molecule has 0 aromatic heterocycles. The summed E-state index contributed by atoms with van der Waals surface area (Å²) in [7, 11) is 0. The lowest BCUT2D eigenvalue weighted by Crippen LogP contribution is -2.09. The number of thiocarbonyl (C=S) groups is 1. The van der Waals surface area contributed by atoms with Crippen LogP contribution in [0.5, 0.6) is 0 Å². The number of anilines is 2. The van der Waals surface area contributed by atoms with Crippen LogP contribution in [0.25, 0.3) is 0 Å². The van der Waals surface area contributed by atoms with Crippen LogP contribution in [0.3, 0.4) is 0 Å². The quantitative estimate of drug-likeness (QED) is 0.808. The zero-order valence-electron chi connectivity index (χ0n) is 10.2. The molecule has 0 saturated carbocycles. The van der Waals surface area contributed by atoms with Crippen LogP contribution in [0.2, 0.25) is 10.0 Å². The third-order valence-electron chi connectivity index (χ3n) is 2.64. The SMILES string of the molecule is Cc1ccc(Cl)c(Nc2ccc(C(N)=S)c(Cl)c2)c1. The fourth-order valence-electron chi connectivity index (χ4n) is 1.68. The van der Waals surface area contributed by atoms with E-state index in [1.54, 1.807) is 12.1 Å². The van der Waals surface area contributed by atoms with Gasteiger partial charge in [0.25, 0.3) is 0 Å². The van der Waals surface area contributed by atoms with Gasteiger partial charge in [-0.05, 0) is 42.8 Å². The van der Waals surface area contributed by atoms with Gasteiger partial charge < -0.3 is 11.1 Å². The molecule has 0 unspecified atom stereocenters. The molecule has 0 saturated heterocycles. The molecule has 5 heteroatoms. The second kappa shape index (κ2) is 5.78. The normalized spacial score (nSPS) is 10.3. The highest BCUT2D eigenvalue weighted by molar-refractivity contribution is 7.80. The van der Waals surface area contributed by atoms with Crippen LogP contribution in [-0.2, 0) is 0 Å². The highest BCUT2D eigenvalue weighted by Crippen LogP contribution is 2.28. The lowest BCUT2D eigenvalue weighted by atomic mass is 10.2. The number of benzene rings is 2. The third kappa shape index (κ3) is 3.38. The van der Waals surface area contributed by atoms with Crippen LogP contribution in [0, 0.1) is 6.92 Å². The molecule has 0 radical (unpaired) electrons. The fraction of sp³-hybridized carbons (Fsp3) is 0.0714. The minimum absolute atomic E-state index is 0.283. The van der Waals surface area contributed by atoms with Crippen molar-refractivity contribution in [2.45, 2.75) is 6.92 Å². The molecular weight excluding hydrogens is 299 g/mol. The van der Waals surface area contributed by atoms with E-state index in [9.17, 15) is 0 Å². The first-order valence-corrected chi connectivity index (χ1v) is 6.76. The Morgan fingerprint density at radius 1 is 1.11 bits per heavy atom. The lowest BCUT2D eigenvalue weighted by molar-refractivity contribution is 1.45. The van der Waals surface area contributed by atoms with Gasteiger partial charge in [-0.25, -0.2) is 0 Å². The summed E-state index contributed by atoms with van der Waals surface area (Å²) in [6.07, 6.45) is 0. The Hall–Kier alpha value is -1.29. The van der Waals surface area contributed by atoms with Gasteiger partial charge in [-0.1, -0.05) is 41.5 Å². The number of aryl methyl sites for hydroxylation is 1. The zero-order valence-corrected chi connectivity index (χ0v) is 12.5. The molecule has 2 aromatic rings. The Bertz CT molecular complexity index is 641. The van der Waals surface area contributed by atoms with Crippen molar-refractivity contribution in [3.8, 4) is 0 Å². The predicted molar refractivity (Wildman–Crippen MR) is 86.8 cm³/mol. The maximum absolute atomic E-state index is 6.13. The van der Waals surface area contributed by atoms with Crippen molar-refractivity contribution >= 4 is 51.8 Å². The van der Waals surface area contributed by atoms with Gasteiger partial charge in [-0.15, -0.1) is 0 Å². The van der Waals surface area contributed by atoms with E-state index in [1.165, 1.54) is 0 Å². The van der Waals surface area contributed by atoms with Crippen molar-refractivity contribution in [1.82, 2.24) is 0 Å². The van der Waals surface area contributed by atoms with Crippen molar-refractivity contribution in [3.63, 3.8) is 0 Å². The van der Waals surface area contributed by atoms with Crippen LogP contribution >= 0.6 is 35.4 Å². The first-order valence-electron chi connectivity index (χ1n) is 5.60. The molecule has 0 aliphatic carbocycles. The molecule has 0 spiro atoms. The fourth-order valence-corrected chi connectivity index (χ4v) is 2.36. The van der Waals surface area contributed by atoms with E-state index in [0.29, 0.717) is 15.6 Å². The second-order valence-corrected chi connectivity index (χ2v) is 5.42. The number of nitrogens with one attached hydrogen (secondary N) is 1. The molecule has 2 rings (SSSR count). The molecule has 0 heterocycles. The minimum Gasteiger partial charge on any atom is -0.389 e. The first-order chi connectivity index (χ1) is 8.97. The molecule has 0 atom stereocenters. The average Bonchev–Trinajstić information content (AvgIpc) is 2.33. The highest BCUT2D eigenvalue weighted by atomic mass is 35.5. The summed E-state index contributed by atoms with van der Waals surface area (Å²) < 4.78 is 0. The van der Waals surface area contributed by atoms with E-state index in [2.05, 4.69) is 5.32 Å². The van der Waals surface area contributed by atoms with E-state index >= 15 is 0 Å². The van der Waals surface area contributed by atoms with Crippen molar-refractivity contribution in [3.05, 3.63) is 57.6 Å². The minimum atomic E-state index is 0.283. The largest absolute Gasteiger partial charge is 0.389 e. The number of halogens is 2. The molecule has 0 amide bonds. The smallest absolute Gasteiger partial charge is 0.105 e. The average molecular weight is 311 g/mol. The lowest BCUT2D eigenvalue weighted by Gasteiger charge is -2.11. The van der Waals surface area contributed by atoms with Crippen molar-refractivity contribution < 1.29 is 0 Å². The van der Waals surface area contributed by atoms with Gasteiger partial charge in [0.2, 0.25) is 0 Å². The second-order valence-electron chi connectivity index (χ2n) is 4.17. The maximum Gasteiger partial charge on any atom is 0.105 e. The molecule has 0 fully saturated rings. The van der Waals surface area contributed by atoms with Gasteiger partial charge in [0, 0.05) is 11.3 Å². The van der Waals surface area contributed by atoms with Crippen molar-refractivity contribution in [2.75, 3.05) is 5.32 Å². The molecule has 3 N–H and O–H groups in total. The summed E-state index contributed by atoms with van der Waals surface area (Å²) in [5, 5.41) is 4.39. The Morgan fingerprint density at radius 3 is 2.47 bits per heavy atom. The number of nitrogens with two attached hydrogens (primary N) is 1. The Labute approximate surface area is 127 Å². The summed E-state index contributed by atoms with van der Waals surface area (Å²) in [5.41, 5.74) is 9.02. The molecular formula is C14H12Cl2N2S. The summed E-state index contributed by atoms with van der Waals surface area (Å²) >= 11 is 17.2. The molecule has 19 heavy (non-hydrogen) atoms. The maximum atomic E-state index is 6.13.